The van der Waals surface area contributed by atoms with Crippen LogP contribution in [-0.2, 0) is 4.79 Å². The summed E-state index contributed by atoms with van der Waals surface area (Å²) in [4.78, 5) is 24.9. The first kappa shape index (κ1) is 14.5. The largest absolute Gasteiger partial charge is 0.481 e. The Balaban J connectivity index is 2.24. The minimum Gasteiger partial charge on any atom is -0.481 e. The minimum atomic E-state index is -0.902. The third kappa shape index (κ3) is 2.81. The molecule has 0 aliphatic carbocycles. The first-order valence-electron chi connectivity index (χ1n) is 6.69. The third-order valence-electron chi connectivity index (χ3n) is 3.73. The van der Waals surface area contributed by atoms with Crippen molar-refractivity contribution in [3.8, 4) is 0 Å². The van der Waals surface area contributed by atoms with Gasteiger partial charge in [-0.05, 0) is 49.9 Å². The average Bonchev–Trinajstić information content (AvgIpc) is 2.81. The van der Waals surface area contributed by atoms with Gasteiger partial charge in [-0.25, -0.2) is 4.39 Å². The second-order valence-corrected chi connectivity index (χ2v) is 5.32. The Morgan fingerprint density at radius 3 is 2.50 bits per heavy atom. The highest BCUT2D eigenvalue weighted by Gasteiger charge is 2.31. The SMILES string of the molecule is Cc1cc(C(=O)N2CCCC2CC(=O)O)cc(C)c1F. The molecular formula is C15H18FNO3. The number of hydrogen-bond donors (Lipinski definition) is 1. The molecule has 1 aliphatic rings. The van der Waals surface area contributed by atoms with Crippen molar-refractivity contribution in [1.29, 1.82) is 0 Å². The van der Waals surface area contributed by atoms with Crippen molar-refractivity contribution in [2.24, 2.45) is 0 Å². The van der Waals surface area contributed by atoms with Crippen molar-refractivity contribution in [3.05, 3.63) is 34.6 Å². The van der Waals surface area contributed by atoms with E-state index in [0.717, 1.165) is 6.42 Å². The molecule has 1 amide bonds. The van der Waals surface area contributed by atoms with Gasteiger partial charge in [0, 0.05) is 18.2 Å². The van der Waals surface area contributed by atoms with Gasteiger partial charge in [-0.15, -0.1) is 0 Å². The van der Waals surface area contributed by atoms with Crippen LogP contribution in [0.4, 0.5) is 4.39 Å². The van der Waals surface area contributed by atoms with Gasteiger partial charge in [-0.3, -0.25) is 9.59 Å². The lowest BCUT2D eigenvalue weighted by Crippen LogP contribution is -2.36. The van der Waals surface area contributed by atoms with E-state index in [2.05, 4.69) is 0 Å². The van der Waals surface area contributed by atoms with E-state index in [1.165, 1.54) is 12.1 Å². The summed E-state index contributed by atoms with van der Waals surface area (Å²) < 4.78 is 13.6. The highest BCUT2D eigenvalue weighted by atomic mass is 19.1. The van der Waals surface area contributed by atoms with Gasteiger partial charge in [0.05, 0.1) is 6.42 Å². The number of rotatable bonds is 3. The molecule has 20 heavy (non-hydrogen) atoms. The van der Waals surface area contributed by atoms with Crippen LogP contribution in [0.3, 0.4) is 0 Å². The summed E-state index contributed by atoms with van der Waals surface area (Å²) in [6.07, 6.45) is 1.48. The van der Waals surface area contributed by atoms with Gasteiger partial charge in [0.2, 0.25) is 0 Å². The van der Waals surface area contributed by atoms with E-state index in [0.29, 0.717) is 29.7 Å². The van der Waals surface area contributed by atoms with Crippen LogP contribution in [0.2, 0.25) is 0 Å². The fourth-order valence-electron chi connectivity index (χ4n) is 2.75. The van der Waals surface area contributed by atoms with E-state index in [-0.39, 0.29) is 24.2 Å². The zero-order valence-electron chi connectivity index (χ0n) is 11.6. The van der Waals surface area contributed by atoms with Gasteiger partial charge in [0.25, 0.3) is 5.91 Å². The Morgan fingerprint density at radius 1 is 1.35 bits per heavy atom. The standard InChI is InChI=1S/C15H18FNO3/c1-9-6-11(7-10(2)14(9)16)15(20)17-5-3-4-12(17)8-13(18)19/h6-7,12H,3-5,8H2,1-2H3,(H,18,19). The predicted octanol–water partition coefficient (Wildman–Crippen LogP) is 2.52. The Hall–Kier alpha value is -1.91. The number of aryl methyl sites for hydroxylation is 2. The molecule has 0 aromatic heterocycles. The molecule has 1 heterocycles. The minimum absolute atomic E-state index is 0.0368. The first-order chi connectivity index (χ1) is 9.40. The smallest absolute Gasteiger partial charge is 0.305 e. The van der Waals surface area contributed by atoms with Crippen molar-refractivity contribution < 1.29 is 19.1 Å². The summed E-state index contributed by atoms with van der Waals surface area (Å²) in [7, 11) is 0. The first-order valence-corrected chi connectivity index (χ1v) is 6.69. The van der Waals surface area contributed by atoms with Crippen LogP contribution in [0.5, 0.6) is 0 Å². The molecule has 1 atom stereocenters. The van der Waals surface area contributed by atoms with E-state index >= 15 is 0 Å². The number of nitrogens with zero attached hydrogens (tertiary/aromatic N) is 1. The molecular weight excluding hydrogens is 261 g/mol. The number of carbonyl (C=O) groups excluding carboxylic acids is 1. The van der Waals surface area contributed by atoms with Gasteiger partial charge in [0.15, 0.2) is 0 Å². The summed E-state index contributed by atoms with van der Waals surface area (Å²) in [5, 5.41) is 8.88. The molecule has 4 nitrogen and oxygen atoms in total. The number of carboxylic acids is 1. The normalized spacial score (nSPS) is 18.4. The zero-order chi connectivity index (χ0) is 14.9. The van der Waals surface area contributed by atoms with Gasteiger partial charge in [0.1, 0.15) is 5.82 Å². The lowest BCUT2D eigenvalue weighted by Gasteiger charge is -2.24. The summed E-state index contributed by atoms with van der Waals surface area (Å²) in [5.74, 6) is -1.41. The van der Waals surface area contributed by atoms with Gasteiger partial charge in [-0.1, -0.05) is 0 Å². The molecule has 1 unspecified atom stereocenters. The zero-order valence-corrected chi connectivity index (χ0v) is 11.6. The molecule has 0 bridgehead atoms. The maximum atomic E-state index is 13.6. The molecule has 0 radical (unpaired) electrons. The number of likely N-dealkylation sites (tertiary alicyclic amines) is 1. The molecule has 108 valence electrons. The number of aliphatic carboxylic acids is 1. The fraction of sp³-hybridized carbons (Fsp3) is 0.467. The topological polar surface area (TPSA) is 57.6 Å². The molecule has 0 spiro atoms. The van der Waals surface area contributed by atoms with Crippen LogP contribution in [0.25, 0.3) is 0 Å². The predicted molar refractivity (Wildman–Crippen MR) is 72.2 cm³/mol. The molecule has 1 aliphatic heterocycles. The summed E-state index contributed by atoms with van der Waals surface area (Å²) in [6.45, 7) is 3.81. The fourth-order valence-corrected chi connectivity index (χ4v) is 2.75. The molecule has 1 N–H and O–H groups in total. The van der Waals surface area contributed by atoms with Gasteiger partial charge in [-0.2, -0.15) is 0 Å². The molecule has 0 saturated carbocycles. The van der Waals surface area contributed by atoms with E-state index in [1.54, 1.807) is 18.7 Å². The number of halogens is 1. The van der Waals surface area contributed by atoms with E-state index in [9.17, 15) is 14.0 Å². The van der Waals surface area contributed by atoms with E-state index < -0.39 is 5.97 Å². The maximum absolute atomic E-state index is 13.6. The van der Waals surface area contributed by atoms with Gasteiger partial charge < -0.3 is 10.0 Å². The van der Waals surface area contributed by atoms with Crippen LogP contribution in [0.15, 0.2) is 12.1 Å². The van der Waals surface area contributed by atoms with E-state index in [4.69, 9.17) is 5.11 Å². The van der Waals surface area contributed by atoms with Crippen molar-refractivity contribution in [2.45, 2.75) is 39.2 Å². The monoisotopic (exact) mass is 279 g/mol. The molecule has 2 rings (SSSR count). The summed E-state index contributed by atoms with van der Waals surface area (Å²) in [6, 6.07) is 2.80. The molecule has 1 saturated heterocycles. The third-order valence-corrected chi connectivity index (χ3v) is 3.73. The molecule has 1 aromatic rings. The summed E-state index contributed by atoms with van der Waals surface area (Å²) in [5.41, 5.74) is 1.29. The van der Waals surface area contributed by atoms with E-state index in [1.807, 2.05) is 0 Å². The van der Waals surface area contributed by atoms with Crippen LogP contribution in [0.1, 0.15) is 40.7 Å². The number of carbonyl (C=O) groups is 2. The van der Waals surface area contributed by atoms with Crippen LogP contribution in [0, 0.1) is 19.7 Å². The molecule has 1 aromatic carbocycles. The van der Waals surface area contributed by atoms with Gasteiger partial charge >= 0.3 is 5.97 Å². The van der Waals surface area contributed by atoms with Crippen LogP contribution >= 0.6 is 0 Å². The highest BCUT2D eigenvalue weighted by Crippen LogP contribution is 2.24. The lowest BCUT2D eigenvalue weighted by molar-refractivity contribution is -0.137. The Morgan fingerprint density at radius 2 is 1.95 bits per heavy atom. The van der Waals surface area contributed by atoms with Crippen molar-refractivity contribution in [3.63, 3.8) is 0 Å². The second kappa shape index (κ2) is 5.61. The highest BCUT2D eigenvalue weighted by molar-refractivity contribution is 5.95. The molecule has 1 fully saturated rings. The Labute approximate surface area is 117 Å². The number of amides is 1. The number of hydrogen-bond acceptors (Lipinski definition) is 2. The van der Waals surface area contributed by atoms with Crippen LogP contribution < -0.4 is 0 Å². The van der Waals surface area contributed by atoms with Crippen LogP contribution in [-0.4, -0.2) is 34.5 Å². The van der Waals surface area contributed by atoms with Crippen molar-refractivity contribution >= 4 is 11.9 Å². The molecule has 5 heteroatoms. The second-order valence-electron chi connectivity index (χ2n) is 5.32. The number of benzene rings is 1. The van der Waals surface area contributed by atoms with Crippen molar-refractivity contribution in [1.82, 2.24) is 4.90 Å². The number of carboxylic acid groups (broad SMARTS) is 1. The average molecular weight is 279 g/mol. The Bertz CT molecular complexity index is 533. The lowest BCUT2D eigenvalue weighted by atomic mass is 10.0. The maximum Gasteiger partial charge on any atom is 0.305 e. The Kier molecular flexibility index (Phi) is 4.06. The van der Waals surface area contributed by atoms with Crippen molar-refractivity contribution in [2.75, 3.05) is 6.54 Å². The summed E-state index contributed by atoms with van der Waals surface area (Å²) >= 11 is 0. The quantitative estimate of drug-likeness (QED) is 0.925.